The Morgan fingerprint density at radius 1 is 1.14 bits per heavy atom. The maximum atomic E-state index is 12.7. The Bertz CT molecular complexity index is 700. The van der Waals surface area contributed by atoms with Crippen LogP contribution in [0.5, 0.6) is 0 Å². The van der Waals surface area contributed by atoms with E-state index in [1.54, 1.807) is 0 Å². The van der Waals surface area contributed by atoms with E-state index >= 15 is 0 Å². The third-order valence-corrected chi connectivity index (χ3v) is 5.43. The fourth-order valence-electron chi connectivity index (χ4n) is 4.35. The molecule has 2 aliphatic rings. The highest BCUT2D eigenvalue weighted by molar-refractivity contribution is 6.04. The van der Waals surface area contributed by atoms with Gasteiger partial charge in [-0.1, -0.05) is 36.4 Å². The van der Waals surface area contributed by atoms with E-state index in [4.69, 9.17) is 4.74 Å². The molecular formula is C19H20O2. The fraction of sp³-hybridized carbons (Fsp3) is 0.421. The Hall–Kier alpha value is -1.83. The van der Waals surface area contributed by atoms with Gasteiger partial charge in [-0.15, -0.1) is 0 Å². The van der Waals surface area contributed by atoms with Crippen LogP contribution in [-0.2, 0) is 4.74 Å². The van der Waals surface area contributed by atoms with Crippen LogP contribution >= 0.6 is 0 Å². The molecule has 0 radical (unpaired) electrons. The van der Waals surface area contributed by atoms with E-state index in [1.165, 1.54) is 19.3 Å². The number of hydrogen-bond acceptors (Lipinski definition) is 2. The van der Waals surface area contributed by atoms with Gasteiger partial charge in [-0.05, 0) is 61.3 Å². The van der Waals surface area contributed by atoms with Crippen molar-refractivity contribution < 1.29 is 9.53 Å². The van der Waals surface area contributed by atoms with Crippen LogP contribution in [0.1, 0.15) is 43.0 Å². The van der Waals surface area contributed by atoms with Crippen molar-refractivity contribution >= 4 is 16.7 Å². The zero-order chi connectivity index (χ0) is 14.4. The molecule has 0 amide bonds. The molecule has 2 fully saturated rings. The highest BCUT2D eigenvalue weighted by Crippen LogP contribution is 2.52. The van der Waals surface area contributed by atoms with E-state index in [9.17, 15) is 4.79 Å². The minimum atomic E-state index is -0.253. The summed E-state index contributed by atoms with van der Waals surface area (Å²) in [4.78, 5) is 12.7. The zero-order valence-electron chi connectivity index (χ0n) is 12.3. The summed E-state index contributed by atoms with van der Waals surface area (Å²) in [5.74, 6) is 1.16. The van der Waals surface area contributed by atoms with Crippen molar-refractivity contribution in [3.05, 3.63) is 48.0 Å². The summed E-state index contributed by atoms with van der Waals surface area (Å²) in [5, 5.41) is 2.07. The van der Waals surface area contributed by atoms with Gasteiger partial charge in [0, 0.05) is 0 Å². The predicted octanol–water partition coefficient (Wildman–Crippen LogP) is 4.58. The highest BCUT2D eigenvalue weighted by atomic mass is 16.6. The molecule has 0 unspecified atom stereocenters. The van der Waals surface area contributed by atoms with Crippen molar-refractivity contribution in [2.45, 2.75) is 38.2 Å². The van der Waals surface area contributed by atoms with E-state index in [1.807, 2.05) is 42.5 Å². The Balaban J connectivity index is 1.65. The monoisotopic (exact) mass is 280 g/mol. The molecule has 3 atom stereocenters. The number of rotatable bonds is 2. The summed E-state index contributed by atoms with van der Waals surface area (Å²) in [7, 11) is 0. The second-order valence-electron chi connectivity index (χ2n) is 6.81. The van der Waals surface area contributed by atoms with Gasteiger partial charge in [0.15, 0.2) is 0 Å². The molecule has 2 bridgehead atoms. The van der Waals surface area contributed by atoms with E-state index in [0.29, 0.717) is 11.5 Å². The van der Waals surface area contributed by atoms with Gasteiger partial charge in [-0.2, -0.15) is 0 Å². The third kappa shape index (κ3) is 2.05. The summed E-state index contributed by atoms with van der Waals surface area (Å²) in [5.41, 5.74) is 0.439. The van der Waals surface area contributed by atoms with Crippen LogP contribution in [0.4, 0.5) is 0 Å². The second-order valence-corrected chi connectivity index (χ2v) is 6.81. The first-order valence-corrected chi connectivity index (χ1v) is 7.87. The molecule has 2 aromatic rings. The molecule has 108 valence electrons. The Kier molecular flexibility index (Phi) is 2.81. The SMILES string of the molecule is C[C@]1(OC(=O)c2cccc3ccccc23)C[C@H]2CC[C@@H]1C2. The quantitative estimate of drug-likeness (QED) is 0.753. The van der Waals surface area contributed by atoms with Crippen molar-refractivity contribution in [3.8, 4) is 0 Å². The number of carbonyl (C=O) groups excluding carboxylic acids is 1. The van der Waals surface area contributed by atoms with Crippen LogP contribution in [0.25, 0.3) is 10.8 Å². The summed E-state index contributed by atoms with van der Waals surface area (Å²) in [6.07, 6.45) is 4.80. The molecule has 2 saturated carbocycles. The molecule has 2 heteroatoms. The molecule has 0 heterocycles. The molecule has 0 aliphatic heterocycles. The van der Waals surface area contributed by atoms with Gasteiger partial charge in [0.05, 0.1) is 5.56 Å². The van der Waals surface area contributed by atoms with Crippen LogP contribution in [0, 0.1) is 11.8 Å². The summed E-state index contributed by atoms with van der Waals surface area (Å²) < 4.78 is 5.99. The lowest BCUT2D eigenvalue weighted by molar-refractivity contribution is -0.0368. The lowest BCUT2D eigenvalue weighted by Gasteiger charge is -2.33. The number of ether oxygens (including phenoxy) is 1. The molecule has 0 N–H and O–H groups in total. The largest absolute Gasteiger partial charge is 0.455 e. The molecule has 0 saturated heterocycles. The Morgan fingerprint density at radius 3 is 2.71 bits per heavy atom. The fourth-order valence-corrected chi connectivity index (χ4v) is 4.35. The average molecular weight is 280 g/mol. The normalized spacial score (nSPS) is 30.7. The number of carbonyl (C=O) groups is 1. The molecule has 2 nitrogen and oxygen atoms in total. The second kappa shape index (κ2) is 4.59. The van der Waals surface area contributed by atoms with Crippen molar-refractivity contribution in [1.82, 2.24) is 0 Å². The summed E-state index contributed by atoms with van der Waals surface area (Å²) in [6.45, 7) is 2.12. The maximum Gasteiger partial charge on any atom is 0.339 e. The Labute approximate surface area is 125 Å². The van der Waals surface area contributed by atoms with Crippen molar-refractivity contribution in [1.29, 1.82) is 0 Å². The lowest BCUT2D eigenvalue weighted by atomic mass is 9.85. The van der Waals surface area contributed by atoms with Crippen LogP contribution in [0.2, 0.25) is 0 Å². The first kappa shape index (κ1) is 12.9. The topological polar surface area (TPSA) is 26.3 Å². The van der Waals surface area contributed by atoms with Crippen molar-refractivity contribution in [2.75, 3.05) is 0 Å². The van der Waals surface area contributed by atoms with E-state index in [0.717, 1.165) is 23.1 Å². The zero-order valence-corrected chi connectivity index (χ0v) is 12.3. The van der Waals surface area contributed by atoms with Gasteiger partial charge in [-0.25, -0.2) is 4.79 Å². The van der Waals surface area contributed by atoms with Crippen LogP contribution < -0.4 is 0 Å². The molecule has 4 rings (SSSR count). The van der Waals surface area contributed by atoms with Gasteiger partial charge in [0.2, 0.25) is 0 Å². The van der Waals surface area contributed by atoms with Gasteiger partial charge < -0.3 is 4.74 Å². The minimum absolute atomic E-state index is 0.165. The van der Waals surface area contributed by atoms with Gasteiger partial charge in [0.25, 0.3) is 0 Å². The number of fused-ring (bicyclic) bond motifs is 3. The van der Waals surface area contributed by atoms with Crippen molar-refractivity contribution in [2.24, 2.45) is 11.8 Å². The minimum Gasteiger partial charge on any atom is -0.455 e. The molecule has 21 heavy (non-hydrogen) atoms. The van der Waals surface area contributed by atoms with Gasteiger partial charge in [-0.3, -0.25) is 0 Å². The third-order valence-electron chi connectivity index (χ3n) is 5.43. The van der Waals surface area contributed by atoms with Gasteiger partial charge >= 0.3 is 5.97 Å². The highest BCUT2D eigenvalue weighted by Gasteiger charge is 2.50. The molecular weight excluding hydrogens is 260 g/mol. The lowest BCUT2D eigenvalue weighted by Crippen LogP contribution is -2.37. The smallest absolute Gasteiger partial charge is 0.339 e. The van der Waals surface area contributed by atoms with Crippen LogP contribution in [0.3, 0.4) is 0 Å². The molecule has 0 spiro atoms. The molecule has 0 aromatic heterocycles. The van der Waals surface area contributed by atoms with Crippen LogP contribution in [-0.4, -0.2) is 11.6 Å². The number of hydrogen-bond donors (Lipinski definition) is 0. The number of benzene rings is 2. The van der Waals surface area contributed by atoms with E-state index in [2.05, 4.69) is 6.92 Å². The van der Waals surface area contributed by atoms with Crippen LogP contribution in [0.15, 0.2) is 42.5 Å². The first-order valence-electron chi connectivity index (χ1n) is 7.87. The average Bonchev–Trinajstić information content (AvgIpc) is 3.06. The first-order chi connectivity index (χ1) is 10.2. The predicted molar refractivity (Wildman–Crippen MR) is 83.2 cm³/mol. The molecule has 2 aromatic carbocycles. The maximum absolute atomic E-state index is 12.7. The number of esters is 1. The van der Waals surface area contributed by atoms with Crippen molar-refractivity contribution in [3.63, 3.8) is 0 Å². The van der Waals surface area contributed by atoms with Gasteiger partial charge in [0.1, 0.15) is 5.60 Å². The summed E-state index contributed by atoms with van der Waals surface area (Å²) >= 11 is 0. The Morgan fingerprint density at radius 2 is 1.95 bits per heavy atom. The molecule has 2 aliphatic carbocycles. The standard InChI is InChI=1S/C19H20O2/c1-19(12-13-9-10-15(19)11-13)21-18(20)17-8-4-6-14-5-2-3-7-16(14)17/h2-8,13,15H,9-12H2,1H3/t13-,15+,19-/m0/s1. The summed E-state index contributed by atoms with van der Waals surface area (Å²) in [6, 6.07) is 13.8. The van der Waals surface area contributed by atoms with E-state index < -0.39 is 0 Å². The van der Waals surface area contributed by atoms with E-state index in [-0.39, 0.29) is 11.6 Å².